The van der Waals surface area contributed by atoms with Gasteiger partial charge in [-0.05, 0) is 31.0 Å². The van der Waals surface area contributed by atoms with Crippen LogP contribution in [-0.2, 0) is 0 Å². The fraction of sp³-hybridized carbons (Fsp3) is 0.500. The zero-order valence-electron chi connectivity index (χ0n) is 11.2. The standard InChI is InChI=1S/C14H19Cl2N3O/c15-10-7-6-9(8-11(10)16)18-14(20)19-13-5-3-1-2-4-12(13)17/h6-8,12-13H,1-5,17H2,(H2,18,19,20). The van der Waals surface area contributed by atoms with E-state index in [1.54, 1.807) is 18.2 Å². The van der Waals surface area contributed by atoms with E-state index >= 15 is 0 Å². The summed E-state index contributed by atoms with van der Waals surface area (Å²) in [6.45, 7) is 0. The smallest absolute Gasteiger partial charge is 0.319 e. The summed E-state index contributed by atoms with van der Waals surface area (Å²) in [7, 11) is 0. The van der Waals surface area contributed by atoms with Crippen LogP contribution in [0.25, 0.3) is 0 Å². The first-order valence-electron chi connectivity index (χ1n) is 6.84. The van der Waals surface area contributed by atoms with E-state index in [1.807, 2.05) is 0 Å². The molecule has 0 spiro atoms. The molecule has 110 valence electrons. The fourth-order valence-corrected chi connectivity index (χ4v) is 2.72. The zero-order valence-corrected chi connectivity index (χ0v) is 12.7. The topological polar surface area (TPSA) is 67.1 Å². The van der Waals surface area contributed by atoms with Crippen LogP contribution >= 0.6 is 23.2 Å². The van der Waals surface area contributed by atoms with E-state index in [4.69, 9.17) is 28.9 Å². The third-order valence-corrected chi connectivity index (χ3v) is 4.30. The second-order valence-electron chi connectivity index (χ2n) is 5.14. The van der Waals surface area contributed by atoms with Crippen molar-refractivity contribution < 1.29 is 4.79 Å². The lowest BCUT2D eigenvalue weighted by atomic mass is 10.0. The van der Waals surface area contributed by atoms with Crippen molar-refractivity contribution in [2.24, 2.45) is 5.73 Å². The molecule has 0 aliphatic heterocycles. The Balaban J connectivity index is 1.92. The number of rotatable bonds is 2. The van der Waals surface area contributed by atoms with Crippen molar-refractivity contribution in [3.05, 3.63) is 28.2 Å². The van der Waals surface area contributed by atoms with E-state index in [1.165, 1.54) is 6.42 Å². The van der Waals surface area contributed by atoms with Crippen molar-refractivity contribution in [2.75, 3.05) is 5.32 Å². The Bertz CT molecular complexity index is 481. The summed E-state index contributed by atoms with van der Waals surface area (Å²) in [4.78, 5) is 12.0. The minimum atomic E-state index is -0.259. The molecule has 1 aliphatic rings. The SMILES string of the molecule is NC1CCCCCC1NC(=O)Nc1ccc(Cl)c(Cl)c1. The van der Waals surface area contributed by atoms with Gasteiger partial charge < -0.3 is 16.4 Å². The van der Waals surface area contributed by atoms with E-state index in [0.717, 1.165) is 25.7 Å². The van der Waals surface area contributed by atoms with Crippen molar-refractivity contribution in [1.29, 1.82) is 0 Å². The predicted octanol–water partition coefficient (Wildman–Crippen LogP) is 3.77. The van der Waals surface area contributed by atoms with Gasteiger partial charge in [-0.25, -0.2) is 4.79 Å². The third kappa shape index (κ3) is 4.27. The van der Waals surface area contributed by atoms with Gasteiger partial charge >= 0.3 is 6.03 Å². The van der Waals surface area contributed by atoms with Crippen molar-refractivity contribution in [3.8, 4) is 0 Å². The molecule has 2 atom stereocenters. The van der Waals surface area contributed by atoms with Crippen LogP contribution in [0.1, 0.15) is 32.1 Å². The van der Waals surface area contributed by atoms with E-state index in [2.05, 4.69) is 10.6 Å². The van der Waals surface area contributed by atoms with E-state index in [0.29, 0.717) is 15.7 Å². The van der Waals surface area contributed by atoms with Gasteiger partial charge in [0.2, 0.25) is 0 Å². The number of benzene rings is 1. The number of hydrogen-bond donors (Lipinski definition) is 3. The molecule has 1 saturated carbocycles. The van der Waals surface area contributed by atoms with Crippen LogP contribution in [0.4, 0.5) is 10.5 Å². The highest BCUT2D eigenvalue weighted by atomic mass is 35.5. The normalized spacial score (nSPS) is 22.9. The average molecular weight is 316 g/mol. The molecule has 1 fully saturated rings. The number of hydrogen-bond acceptors (Lipinski definition) is 2. The molecule has 2 unspecified atom stereocenters. The zero-order chi connectivity index (χ0) is 14.5. The van der Waals surface area contributed by atoms with Gasteiger partial charge in [0.05, 0.1) is 10.0 Å². The first-order chi connectivity index (χ1) is 9.56. The summed E-state index contributed by atoms with van der Waals surface area (Å²) in [5.41, 5.74) is 6.69. The molecule has 0 saturated heterocycles. The Labute approximate surface area is 129 Å². The number of nitrogens with one attached hydrogen (secondary N) is 2. The van der Waals surface area contributed by atoms with Crippen LogP contribution in [0.15, 0.2) is 18.2 Å². The molecule has 0 bridgehead atoms. The Morgan fingerprint density at radius 1 is 1.15 bits per heavy atom. The fourth-order valence-electron chi connectivity index (χ4n) is 2.42. The molecular weight excluding hydrogens is 297 g/mol. The van der Waals surface area contributed by atoms with Gasteiger partial charge in [0.15, 0.2) is 0 Å². The van der Waals surface area contributed by atoms with Gasteiger partial charge in [0.25, 0.3) is 0 Å². The number of nitrogens with two attached hydrogens (primary N) is 1. The van der Waals surface area contributed by atoms with Crippen LogP contribution in [0.2, 0.25) is 10.0 Å². The maximum Gasteiger partial charge on any atom is 0.319 e. The largest absolute Gasteiger partial charge is 0.334 e. The molecule has 2 amide bonds. The minimum absolute atomic E-state index is 0.0251. The summed E-state index contributed by atoms with van der Waals surface area (Å²) in [6.07, 6.45) is 5.30. The van der Waals surface area contributed by atoms with Crippen LogP contribution in [0, 0.1) is 0 Å². The minimum Gasteiger partial charge on any atom is -0.334 e. The second-order valence-corrected chi connectivity index (χ2v) is 5.95. The first kappa shape index (κ1) is 15.4. The monoisotopic (exact) mass is 315 g/mol. The van der Waals surface area contributed by atoms with E-state index in [-0.39, 0.29) is 18.1 Å². The molecule has 0 heterocycles. The Hall–Kier alpha value is -0.970. The summed E-state index contributed by atoms with van der Waals surface area (Å²) >= 11 is 11.7. The highest BCUT2D eigenvalue weighted by Crippen LogP contribution is 2.25. The number of urea groups is 1. The van der Waals surface area contributed by atoms with E-state index < -0.39 is 0 Å². The molecule has 2 rings (SSSR count). The molecule has 6 heteroatoms. The van der Waals surface area contributed by atoms with Crippen LogP contribution in [-0.4, -0.2) is 18.1 Å². The van der Waals surface area contributed by atoms with Gasteiger partial charge in [-0.3, -0.25) is 0 Å². The average Bonchev–Trinajstić information content (AvgIpc) is 2.59. The van der Waals surface area contributed by atoms with E-state index in [9.17, 15) is 4.79 Å². The number of amides is 2. The summed E-state index contributed by atoms with van der Waals surface area (Å²) in [6, 6.07) is 4.77. The van der Waals surface area contributed by atoms with Gasteiger partial charge in [-0.2, -0.15) is 0 Å². The molecule has 4 N–H and O–H groups in total. The molecule has 20 heavy (non-hydrogen) atoms. The molecule has 1 aromatic rings. The number of carbonyl (C=O) groups is 1. The Kier molecular flexibility index (Phi) is 5.52. The Morgan fingerprint density at radius 2 is 1.90 bits per heavy atom. The van der Waals surface area contributed by atoms with Gasteiger partial charge in [-0.15, -0.1) is 0 Å². The van der Waals surface area contributed by atoms with Gasteiger partial charge in [0, 0.05) is 17.8 Å². The maximum atomic E-state index is 12.0. The molecule has 0 aromatic heterocycles. The second kappa shape index (κ2) is 7.16. The lowest BCUT2D eigenvalue weighted by Gasteiger charge is -2.22. The highest BCUT2D eigenvalue weighted by molar-refractivity contribution is 6.42. The third-order valence-electron chi connectivity index (χ3n) is 3.56. The molecule has 0 radical (unpaired) electrons. The van der Waals surface area contributed by atoms with Crippen molar-refractivity contribution in [2.45, 2.75) is 44.2 Å². The molecule has 4 nitrogen and oxygen atoms in total. The van der Waals surface area contributed by atoms with Crippen LogP contribution in [0.5, 0.6) is 0 Å². The molecule has 1 aromatic carbocycles. The van der Waals surface area contributed by atoms with Gasteiger partial charge in [0.1, 0.15) is 0 Å². The summed E-state index contributed by atoms with van der Waals surface area (Å²) in [5.74, 6) is 0. The predicted molar refractivity (Wildman–Crippen MR) is 83.5 cm³/mol. The number of carbonyl (C=O) groups excluding carboxylic acids is 1. The molecule has 1 aliphatic carbocycles. The number of anilines is 1. The number of halogens is 2. The van der Waals surface area contributed by atoms with Crippen molar-refractivity contribution in [1.82, 2.24) is 5.32 Å². The van der Waals surface area contributed by atoms with Crippen LogP contribution in [0.3, 0.4) is 0 Å². The van der Waals surface area contributed by atoms with Crippen molar-refractivity contribution >= 4 is 34.9 Å². The van der Waals surface area contributed by atoms with Gasteiger partial charge in [-0.1, -0.05) is 42.5 Å². The first-order valence-corrected chi connectivity index (χ1v) is 7.60. The van der Waals surface area contributed by atoms with Crippen LogP contribution < -0.4 is 16.4 Å². The summed E-state index contributed by atoms with van der Waals surface area (Å²) < 4.78 is 0. The molecular formula is C14H19Cl2N3O. The lowest BCUT2D eigenvalue weighted by Crippen LogP contribution is -2.48. The van der Waals surface area contributed by atoms with Crippen molar-refractivity contribution in [3.63, 3.8) is 0 Å². The lowest BCUT2D eigenvalue weighted by molar-refractivity contribution is 0.245. The summed E-state index contributed by atoms with van der Waals surface area (Å²) in [5, 5.41) is 6.56. The maximum absolute atomic E-state index is 12.0. The quantitative estimate of drug-likeness (QED) is 0.727. The Morgan fingerprint density at radius 3 is 2.65 bits per heavy atom. The highest BCUT2D eigenvalue weighted by Gasteiger charge is 2.21.